The molecular formula is C9H12N2O4S2. The van der Waals surface area contributed by atoms with Gasteiger partial charge in [0.1, 0.15) is 12.6 Å². The van der Waals surface area contributed by atoms with Crippen LogP contribution in [0.15, 0.2) is 0 Å². The fraction of sp³-hybridized carbons (Fsp3) is 0.667. The van der Waals surface area contributed by atoms with Crippen molar-refractivity contribution in [3.05, 3.63) is 0 Å². The molecule has 6 nitrogen and oxygen atoms in total. The van der Waals surface area contributed by atoms with E-state index in [1.807, 2.05) is 0 Å². The Labute approximate surface area is 107 Å². The zero-order chi connectivity index (χ0) is 12.4. The molecule has 1 unspecified atom stereocenters. The maximum atomic E-state index is 11.9. The topological polar surface area (TPSA) is 77.9 Å². The summed E-state index contributed by atoms with van der Waals surface area (Å²) in [5, 5.41) is 8.95. The van der Waals surface area contributed by atoms with Gasteiger partial charge in [-0.05, 0) is 0 Å². The van der Waals surface area contributed by atoms with E-state index < -0.39 is 12.0 Å². The fourth-order valence-corrected chi connectivity index (χ4v) is 3.76. The number of aliphatic carboxylic acids is 1. The molecule has 2 fully saturated rings. The lowest BCUT2D eigenvalue weighted by Crippen LogP contribution is -2.46. The van der Waals surface area contributed by atoms with Crippen LogP contribution >= 0.6 is 23.5 Å². The van der Waals surface area contributed by atoms with E-state index in [0.717, 1.165) is 0 Å². The predicted octanol–water partition coefficient (Wildman–Crippen LogP) is -0.495. The number of carboxylic acid groups (broad SMARTS) is 1. The highest BCUT2D eigenvalue weighted by molar-refractivity contribution is 8.00. The van der Waals surface area contributed by atoms with Gasteiger partial charge in [-0.2, -0.15) is 0 Å². The van der Waals surface area contributed by atoms with Crippen molar-refractivity contribution in [2.45, 2.75) is 6.04 Å². The van der Waals surface area contributed by atoms with E-state index in [4.69, 9.17) is 5.11 Å². The van der Waals surface area contributed by atoms with Gasteiger partial charge >= 0.3 is 5.97 Å². The Kier molecular flexibility index (Phi) is 3.82. The molecule has 1 atom stereocenters. The van der Waals surface area contributed by atoms with Gasteiger partial charge in [0.25, 0.3) is 0 Å². The quantitative estimate of drug-likeness (QED) is 0.749. The molecule has 2 aliphatic heterocycles. The highest BCUT2D eigenvalue weighted by Gasteiger charge is 2.36. The Bertz CT molecular complexity index is 363. The predicted molar refractivity (Wildman–Crippen MR) is 64.6 cm³/mol. The third-order valence-electron chi connectivity index (χ3n) is 2.64. The molecule has 0 aromatic rings. The van der Waals surface area contributed by atoms with Crippen molar-refractivity contribution in [3.63, 3.8) is 0 Å². The molecule has 8 heteroatoms. The van der Waals surface area contributed by atoms with Crippen molar-refractivity contribution >= 4 is 41.3 Å². The maximum Gasteiger partial charge on any atom is 0.327 e. The maximum absolute atomic E-state index is 11.9. The number of rotatable bonds is 3. The van der Waals surface area contributed by atoms with Crippen molar-refractivity contribution < 1.29 is 19.5 Å². The van der Waals surface area contributed by atoms with Crippen molar-refractivity contribution in [1.82, 2.24) is 9.80 Å². The van der Waals surface area contributed by atoms with Gasteiger partial charge < -0.3 is 14.9 Å². The Morgan fingerprint density at radius 1 is 1.35 bits per heavy atom. The smallest absolute Gasteiger partial charge is 0.327 e. The molecule has 2 rings (SSSR count). The molecule has 1 N–H and O–H groups in total. The van der Waals surface area contributed by atoms with Crippen LogP contribution in [0, 0.1) is 0 Å². The molecule has 0 saturated carbocycles. The number of carbonyl (C=O) groups is 3. The molecule has 2 aliphatic rings. The first-order valence-corrected chi connectivity index (χ1v) is 7.36. The lowest BCUT2D eigenvalue weighted by molar-refractivity contribution is -0.148. The van der Waals surface area contributed by atoms with Crippen molar-refractivity contribution in [3.8, 4) is 0 Å². The highest BCUT2D eigenvalue weighted by Crippen LogP contribution is 2.22. The van der Waals surface area contributed by atoms with Crippen LogP contribution in [0.5, 0.6) is 0 Å². The van der Waals surface area contributed by atoms with E-state index in [9.17, 15) is 14.4 Å². The van der Waals surface area contributed by atoms with Crippen molar-refractivity contribution in [2.24, 2.45) is 0 Å². The molecule has 0 spiro atoms. The van der Waals surface area contributed by atoms with Crippen LogP contribution in [0.1, 0.15) is 0 Å². The molecule has 0 aliphatic carbocycles. The Balaban J connectivity index is 1.95. The van der Waals surface area contributed by atoms with Crippen LogP contribution in [-0.4, -0.2) is 68.5 Å². The third-order valence-corrected chi connectivity index (χ3v) is 4.60. The number of carboxylic acids is 1. The van der Waals surface area contributed by atoms with Gasteiger partial charge in [0.05, 0.1) is 17.5 Å². The molecule has 0 radical (unpaired) electrons. The molecule has 2 amide bonds. The molecule has 2 heterocycles. The third kappa shape index (κ3) is 2.68. The number of hydrogen-bond acceptors (Lipinski definition) is 5. The van der Waals surface area contributed by atoms with Crippen molar-refractivity contribution in [2.75, 3.05) is 29.8 Å². The first kappa shape index (κ1) is 12.6. The van der Waals surface area contributed by atoms with Gasteiger partial charge in [0.2, 0.25) is 11.8 Å². The second-order valence-electron chi connectivity index (χ2n) is 3.79. The summed E-state index contributed by atoms with van der Waals surface area (Å²) >= 11 is 2.89. The second kappa shape index (κ2) is 5.18. The fourth-order valence-electron chi connectivity index (χ4n) is 1.69. The van der Waals surface area contributed by atoms with Crippen LogP contribution in [0.2, 0.25) is 0 Å². The van der Waals surface area contributed by atoms with E-state index in [1.165, 1.54) is 33.3 Å². The monoisotopic (exact) mass is 276 g/mol. The summed E-state index contributed by atoms with van der Waals surface area (Å²) in [6, 6.07) is -0.752. The molecule has 2 saturated heterocycles. The average molecular weight is 276 g/mol. The van der Waals surface area contributed by atoms with Gasteiger partial charge in [0.15, 0.2) is 0 Å². The van der Waals surface area contributed by atoms with Crippen LogP contribution in [-0.2, 0) is 14.4 Å². The minimum atomic E-state index is -0.981. The molecule has 17 heavy (non-hydrogen) atoms. The Morgan fingerprint density at radius 2 is 2.12 bits per heavy atom. The molecule has 0 bridgehead atoms. The number of carbonyl (C=O) groups excluding carboxylic acids is 2. The average Bonchev–Trinajstić information content (AvgIpc) is 2.87. The van der Waals surface area contributed by atoms with E-state index in [-0.39, 0.29) is 18.4 Å². The van der Waals surface area contributed by atoms with Gasteiger partial charge in [-0.1, -0.05) is 0 Å². The number of thioether (sulfide) groups is 2. The van der Waals surface area contributed by atoms with Crippen LogP contribution in [0.25, 0.3) is 0 Å². The van der Waals surface area contributed by atoms with E-state index in [0.29, 0.717) is 23.3 Å². The first-order chi connectivity index (χ1) is 8.09. The van der Waals surface area contributed by atoms with E-state index >= 15 is 0 Å². The van der Waals surface area contributed by atoms with Crippen LogP contribution < -0.4 is 0 Å². The standard InChI is InChI=1S/C9H12N2O4S2/c12-7(1-10-4-17-3-8(10)13)11-5-16-2-6(11)9(14)15/h6H,1-5H2,(H,14,15). The summed E-state index contributed by atoms with van der Waals surface area (Å²) in [6.45, 7) is -0.00380. The summed E-state index contributed by atoms with van der Waals surface area (Å²) in [5.41, 5.74) is 0. The highest BCUT2D eigenvalue weighted by atomic mass is 32.2. The minimum absolute atomic E-state index is 0.00380. The lowest BCUT2D eigenvalue weighted by Gasteiger charge is -2.23. The molecule has 0 aromatic heterocycles. The zero-order valence-corrected chi connectivity index (χ0v) is 10.6. The summed E-state index contributed by atoms with van der Waals surface area (Å²) in [6.07, 6.45) is 0. The zero-order valence-electron chi connectivity index (χ0n) is 9.00. The van der Waals surface area contributed by atoms with Crippen LogP contribution in [0.3, 0.4) is 0 Å². The Morgan fingerprint density at radius 3 is 2.71 bits per heavy atom. The summed E-state index contributed by atoms with van der Waals surface area (Å²) in [5.74, 6) is 0.424. The summed E-state index contributed by atoms with van der Waals surface area (Å²) in [4.78, 5) is 37.0. The second-order valence-corrected chi connectivity index (χ2v) is 5.74. The first-order valence-electron chi connectivity index (χ1n) is 5.05. The van der Waals surface area contributed by atoms with Gasteiger partial charge in [0, 0.05) is 5.75 Å². The number of hydrogen-bond donors (Lipinski definition) is 1. The largest absolute Gasteiger partial charge is 0.480 e. The van der Waals surface area contributed by atoms with Gasteiger partial charge in [-0.3, -0.25) is 9.59 Å². The summed E-state index contributed by atoms with van der Waals surface area (Å²) < 4.78 is 0. The Hall–Kier alpha value is -0.890. The SMILES string of the molecule is O=C(O)C1CSCN1C(=O)CN1CSCC1=O. The van der Waals surface area contributed by atoms with E-state index in [1.54, 1.807) is 0 Å². The summed E-state index contributed by atoms with van der Waals surface area (Å²) in [7, 11) is 0. The van der Waals surface area contributed by atoms with Gasteiger partial charge in [-0.15, -0.1) is 23.5 Å². The lowest BCUT2D eigenvalue weighted by atomic mass is 10.3. The molecule has 94 valence electrons. The minimum Gasteiger partial charge on any atom is -0.480 e. The van der Waals surface area contributed by atoms with Crippen LogP contribution in [0.4, 0.5) is 0 Å². The van der Waals surface area contributed by atoms with Gasteiger partial charge in [-0.25, -0.2) is 4.79 Å². The number of amides is 2. The normalized spacial score (nSPS) is 24.5. The molecule has 0 aromatic carbocycles. The number of nitrogens with zero attached hydrogens (tertiary/aromatic N) is 2. The van der Waals surface area contributed by atoms with E-state index in [2.05, 4.69) is 0 Å². The molecular weight excluding hydrogens is 264 g/mol. The van der Waals surface area contributed by atoms with Crippen molar-refractivity contribution in [1.29, 1.82) is 0 Å².